The number of anilines is 1. The molecule has 0 amide bonds. The Labute approximate surface area is 140 Å². The number of nitrogens with two attached hydrogens (primary N) is 1. The summed E-state index contributed by atoms with van der Waals surface area (Å²) in [6.07, 6.45) is 0. The summed E-state index contributed by atoms with van der Waals surface area (Å²) in [5.74, 6) is 0.670. The van der Waals surface area contributed by atoms with Crippen LogP contribution in [0.3, 0.4) is 0 Å². The van der Waals surface area contributed by atoms with Crippen molar-refractivity contribution < 1.29 is 13.9 Å². The Hall–Kier alpha value is -2.41. The summed E-state index contributed by atoms with van der Waals surface area (Å²) < 4.78 is 25.5. The molecule has 3 rings (SSSR count). The molecule has 0 aliphatic rings. The molecule has 7 heteroatoms. The molecule has 0 saturated heterocycles. The van der Waals surface area contributed by atoms with Crippen LogP contribution < -0.4 is 15.2 Å². The number of hydrogen-bond donors (Lipinski definition) is 1. The standard InChI is InChI=1S/C16H13BrFN3O2/c1-22-13-6-10-12(7-14(13)23-2)20-16(19)21-15(10)9-4-3-8(17)5-11(9)18/h3-7H,1-2H3,(H2,19,20,21). The SMILES string of the molecule is COc1cc2nc(N)nc(-c3ccc(Br)cc3F)c2cc1OC. The summed E-state index contributed by atoms with van der Waals surface area (Å²) in [4.78, 5) is 8.40. The van der Waals surface area contributed by atoms with Gasteiger partial charge in [0.1, 0.15) is 5.82 Å². The van der Waals surface area contributed by atoms with Crippen LogP contribution >= 0.6 is 15.9 Å². The van der Waals surface area contributed by atoms with Crippen molar-refractivity contribution in [2.75, 3.05) is 20.0 Å². The van der Waals surface area contributed by atoms with Crippen molar-refractivity contribution >= 4 is 32.8 Å². The topological polar surface area (TPSA) is 70.3 Å². The number of methoxy groups -OCH3 is 2. The van der Waals surface area contributed by atoms with E-state index in [0.717, 1.165) is 0 Å². The molecular weight excluding hydrogens is 365 g/mol. The lowest BCUT2D eigenvalue weighted by atomic mass is 10.1. The molecule has 0 fully saturated rings. The van der Waals surface area contributed by atoms with Gasteiger partial charge in [0, 0.05) is 21.5 Å². The molecule has 0 bridgehead atoms. The minimum atomic E-state index is -0.409. The van der Waals surface area contributed by atoms with Gasteiger partial charge in [-0.1, -0.05) is 15.9 Å². The zero-order chi connectivity index (χ0) is 16.6. The number of fused-ring (bicyclic) bond motifs is 1. The highest BCUT2D eigenvalue weighted by molar-refractivity contribution is 9.10. The molecule has 0 saturated carbocycles. The van der Waals surface area contributed by atoms with Gasteiger partial charge in [-0.05, 0) is 24.3 Å². The maximum absolute atomic E-state index is 14.3. The third-order valence-electron chi connectivity index (χ3n) is 3.40. The Bertz CT molecular complexity index is 902. The van der Waals surface area contributed by atoms with Gasteiger partial charge in [0.25, 0.3) is 0 Å². The number of benzene rings is 2. The quantitative estimate of drug-likeness (QED) is 0.751. The summed E-state index contributed by atoms with van der Waals surface area (Å²) in [5.41, 5.74) is 7.06. The number of hydrogen-bond acceptors (Lipinski definition) is 5. The molecular formula is C16H13BrFN3O2. The fraction of sp³-hybridized carbons (Fsp3) is 0.125. The first-order chi connectivity index (χ1) is 11.0. The van der Waals surface area contributed by atoms with Gasteiger partial charge in [-0.2, -0.15) is 0 Å². The lowest BCUT2D eigenvalue weighted by Crippen LogP contribution is -2.00. The largest absolute Gasteiger partial charge is 0.493 e. The second-order valence-corrected chi connectivity index (χ2v) is 5.69. The molecule has 0 atom stereocenters. The van der Waals surface area contributed by atoms with Crippen LogP contribution in [0.5, 0.6) is 11.5 Å². The van der Waals surface area contributed by atoms with Crippen LogP contribution in [-0.4, -0.2) is 24.2 Å². The summed E-state index contributed by atoms with van der Waals surface area (Å²) in [7, 11) is 3.06. The number of nitrogens with zero attached hydrogens (tertiary/aromatic N) is 2. The molecule has 118 valence electrons. The Morgan fingerprint density at radius 3 is 2.39 bits per heavy atom. The van der Waals surface area contributed by atoms with Gasteiger partial charge in [0.05, 0.1) is 25.4 Å². The van der Waals surface area contributed by atoms with Crippen LogP contribution in [0.2, 0.25) is 0 Å². The zero-order valence-electron chi connectivity index (χ0n) is 12.4. The minimum absolute atomic E-state index is 0.0574. The van der Waals surface area contributed by atoms with Gasteiger partial charge in [-0.15, -0.1) is 0 Å². The van der Waals surface area contributed by atoms with Gasteiger partial charge in [-0.3, -0.25) is 0 Å². The second kappa shape index (κ2) is 6.00. The average Bonchev–Trinajstić information content (AvgIpc) is 2.53. The van der Waals surface area contributed by atoms with Crippen molar-refractivity contribution in [2.45, 2.75) is 0 Å². The van der Waals surface area contributed by atoms with E-state index in [-0.39, 0.29) is 5.95 Å². The fourth-order valence-corrected chi connectivity index (χ4v) is 2.69. The van der Waals surface area contributed by atoms with E-state index in [4.69, 9.17) is 15.2 Å². The van der Waals surface area contributed by atoms with E-state index in [0.29, 0.717) is 38.1 Å². The van der Waals surface area contributed by atoms with Crippen molar-refractivity contribution in [3.63, 3.8) is 0 Å². The molecule has 23 heavy (non-hydrogen) atoms. The Morgan fingerprint density at radius 2 is 1.74 bits per heavy atom. The van der Waals surface area contributed by atoms with Gasteiger partial charge in [0.15, 0.2) is 11.5 Å². The normalized spacial score (nSPS) is 10.8. The number of halogens is 2. The van der Waals surface area contributed by atoms with Crippen molar-refractivity contribution in [3.8, 4) is 22.8 Å². The van der Waals surface area contributed by atoms with Gasteiger partial charge in [0.2, 0.25) is 5.95 Å². The zero-order valence-corrected chi connectivity index (χ0v) is 14.0. The third-order valence-corrected chi connectivity index (χ3v) is 3.90. The number of aromatic nitrogens is 2. The highest BCUT2D eigenvalue weighted by Gasteiger charge is 2.16. The van der Waals surface area contributed by atoms with Crippen molar-refractivity contribution in [1.29, 1.82) is 0 Å². The molecule has 0 aliphatic carbocycles. The van der Waals surface area contributed by atoms with Crippen molar-refractivity contribution in [3.05, 3.63) is 40.6 Å². The maximum atomic E-state index is 14.3. The lowest BCUT2D eigenvalue weighted by molar-refractivity contribution is 0.356. The lowest BCUT2D eigenvalue weighted by Gasteiger charge is -2.12. The van der Waals surface area contributed by atoms with Crippen LogP contribution in [0.1, 0.15) is 0 Å². The summed E-state index contributed by atoms with van der Waals surface area (Å²) in [6, 6.07) is 8.15. The monoisotopic (exact) mass is 377 g/mol. The maximum Gasteiger partial charge on any atom is 0.221 e. The van der Waals surface area contributed by atoms with Crippen LogP contribution in [-0.2, 0) is 0 Å². The van der Waals surface area contributed by atoms with E-state index < -0.39 is 5.82 Å². The number of rotatable bonds is 3. The first kappa shape index (κ1) is 15.5. The summed E-state index contributed by atoms with van der Waals surface area (Å²) in [5, 5.41) is 0.623. The van der Waals surface area contributed by atoms with Gasteiger partial charge in [-0.25, -0.2) is 14.4 Å². The Kier molecular flexibility index (Phi) is 4.04. The number of ether oxygens (including phenoxy) is 2. The van der Waals surface area contributed by atoms with E-state index in [1.165, 1.54) is 20.3 Å². The van der Waals surface area contributed by atoms with Crippen LogP contribution in [0.15, 0.2) is 34.8 Å². The molecule has 1 aromatic heterocycles. The fourth-order valence-electron chi connectivity index (χ4n) is 2.36. The van der Waals surface area contributed by atoms with Gasteiger partial charge < -0.3 is 15.2 Å². The van der Waals surface area contributed by atoms with Gasteiger partial charge >= 0.3 is 0 Å². The smallest absolute Gasteiger partial charge is 0.221 e. The molecule has 0 radical (unpaired) electrons. The minimum Gasteiger partial charge on any atom is -0.493 e. The second-order valence-electron chi connectivity index (χ2n) is 4.78. The van der Waals surface area contributed by atoms with E-state index in [2.05, 4.69) is 25.9 Å². The van der Waals surface area contributed by atoms with Crippen molar-refractivity contribution in [1.82, 2.24) is 9.97 Å². The van der Waals surface area contributed by atoms with E-state index in [1.54, 1.807) is 24.3 Å². The van der Waals surface area contributed by atoms with Crippen LogP contribution in [0.25, 0.3) is 22.2 Å². The molecule has 5 nitrogen and oxygen atoms in total. The molecule has 0 unspecified atom stereocenters. The molecule has 2 N–H and O–H groups in total. The predicted molar refractivity (Wildman–Crippen MR) is 90.1 cm³/mol. The predicted octanol–water partition coefficient (Wildman–Crippen LogP) is 3.80. The van der Waals surface area contributed by atoms with Crippen LogP contribution in [0.4, 0.5) is 10.3 Å². The third kappa shape index (κ3) is 2.79. The highest BCUT2D eigenvalue weighted by Crippen LogP contribution is 2.36. The highest BCUT2D eigenvalue weighted by atomic mass is 79.9. The molecule has 2 aromatic carbocycles. The molecule has 0 spiro atoms. The average molecular weight is 378 g/mol. The van der Waals surface area contributed by atoms with Crippen LogP contribution in [0, 0.1) is 5.82 Å². The molecule has 0 aliphatic heterocycles. The molecule has 1 heterocycles. The Balaban J connectivity index is 2.35. The first-order valence-electron chi connectivity index (χ1n) is 6.68. The van der Waals surface area contributed by atoms with E-state index >= 15 is 0 Å². The summed E-state index contributed by atoms with van der Waals surface area (Å²) >= 11 is 3.24. The van der Waals surface area contributed by atoms with Crippen molar-refractivity contribution in [2.24, 2.45) is 0 Å². The summed E-state index contributed by atoms with van der Waals surface area (Å²) in [6.45, 7) is 0. The van der Waals surface area contributed by atoms with E-state index in [1.807, 2.05) is 0 Å². The number of nitrogen functional groups attached to an aromatic ring is 1. The molecule has 3 aromatic rings. The van der Waals surface area contributed by atoms with E-state index in [9.17, 15) is 4.39 Å². The first-order valence-corrected chi connectivity index (χ1v) is 7.47. The Morgan fingerprint density at radius 1 is 1.04 bits per heavy atom.